The number of carbonyl (C=O) groups is 1. The zero-order chi connectivity index (χ0) is 21.9. The number of rotatable bonds is 12. The second-order valence-corrected chi connectivity index (χ2v) is 7.63. The molecule has 2 aromatic carbocycles. The number of benzene rings is 2. The number of amides is 1. The Hall–Kier alpha value is -3.03. The van der Waals surface area contributed by atoms with Crippen molar-refractivity contribution in [1.82, 2.24) is 20.4 Å². The highest BCUT2D eigenvalue weighted by molar-refractivity contribution is 5.94. The van der Waals surface area contributed by atoms with Crippen LogP contribution >= 0.6 is 0 Å². The van der Waals surface area contributed by atoms with Gasteiger partial charge in [-0.1, -0.05) is 30.3 Å². The second-order valence-electron chi connectivity index (χ2n) is 7.63. The maximum Gasteiger partial charge on any atom is 0.251 e. The number of hydrogen-bond donors (Lipinski definition) is 1. The quantitative estimate of drug-likeness (QED) is 0.450. The fourth-order valence-electron chi connectivity index (χ4n) is 3.07. The predicted octanol–water partition coefficient (Wildman–Crippen LogP) is 3.57. The minimum absolute atomic E-state index is 0.0829. The molecule has 0 atom stereocenters. The number of nitrogens with zero attached hydrogens (tertiary/aromatic N) is 3. The maximum atomic E-state index is 12.2. The molecule has 1 aromatic heterocycles. The molecular formula is C24H30N4O3. The number of ether oxygens (including phenoxy) is 1. The largest absolute Gasteiger partial charge is 0.418 e. The van der Waals surface area contributed by atoms with E-state index in [2.05, 4.69) is 32.5 Å². The Morgan fingerprint density at radius 2 is 1.81 bits per heavy atom. The summed E-state index contributed by atoms with van der Waals surface area (Å²) in [5.74, 6) is 0.777. The van der Waals surface area contributed by atoms with Crippen molar-refractivity contribution in [1.29, 1.82) is 0 Å². The molecular weight excluding hydrogens is 392 g/mol. The normalized spacial score (nSPS) is 11.1. The molecule has 0 radical (unpaired) electrons. The van der Waals surface area contributed by atoms with Crippen molar-refractivity contribution in [3.05, 3.63) is 71.6 Å². The summed E-state index contributed by atoms with van der Waals surface area (Å²) >= 11 is 0. The standard InChI is InChI=1S/C24H30N4O3/c1-28(2)16-7-15-25-23(29)20-11-13-21(14-12-20)24-27-26-22(31-24)18-30-17-6-10-19-8-4-3-5-9-19/h3-5,8-9,11-14H,6-7,10,15-18H2,1-2H3,(H,25,29). The molecule has 0 aliphatic heterocycles. The van der Waals surface area contributed by atoms with Gasteiger partial charge >= 0.3 is 0 Å². The Kier molecular flexibility index (Phi) is 8.75. The van der Waals surface area contributed by atoms with Crippen LogP contribution in [0.2, 0.25) is 0 Å². The molecule has 0 spiro atoms. The SMILES string of the molecule is CN(C)CCCNC(=O)c1ccc(-c2nnc(COCCCc3ccccc3)o2)cc1. The van der Waals surface area contributed by atoms with E-state index in [1.165, 1.54) is 5.56 Å². The Morgan fingerprint density at radius 1 is 1.03 bits per heavy atom. The van der Waals surface area contributed by atoms with Gasteiger partial charge in [0, 0.05) is 24.3 Å². The van der Waals surface area contributed by atoms with Gasteiger partial charge in [-0.3, -0.25) is 4.79 Å². The van der Waals surface area contributed by atoms with E-state index in [9.17, 15) is 4.79 Å². The molecule has 0 bridgehead atoms. The van der Waals surface area contributed by atoms with Crippen LogP contribution in [0.5, 0.6) is 0 Å². The summed E-state index contributed by atoms with van der Waals surface area (Å²) in [5, 5.41) is 11.1. The Morgan fingerprint density at radius 3 is 2.55 bits per heavy atom. The Bertz CT molecular complexity index is 924. The highest BCUT2D eigenvalue weighted by Gasteiger charge is 2.11. The summed E-state index contributed by atoms with van der Waals surface area (Å²) < 4.78 is 11.3. The summed E-state index contributed by atoms with van der Waals surface area (Å²) in [6.07, 6.45) is 2.82. The molecule has 3 rings (SSSR count). The third-order valence-corrected chi connectivity index (χ3v) is 4.75. The number of nitrogens with one attached hydrogen (secondary N) is 1. The van der Waals surface area contributed by atoms with Crippen molar-refractivity contribution in [2.75, 3.05) is 33.8 Å². The second kappa shape index (κ2) is 12.0. The van der Waals surface area contributed by atoms with Gasteiger partial charge in [0.15, 0.2) is 0 Å². The number of aromatic nitrogens is 2. The average molecular weight is 423 g/mol. The van der Waals surface area contributed by atoms with Gasteiger partial charge < -0.3 is 19.4 Å². The fourth-order valence-corrected chi connectivity index (χ4v) is 3.07. The summed E-state index contributed by atoms with van der Waals surface area (Å²) in [6.45, 7) is 2.51. The lowest BCUT2D eigenvalue weighted by Crippen LogP contribution is -2.27. The van der Waals surface area contributed by atoms with E-state index >= 15 is 0 Å². The van der Waals surface area contributed by atoms with E-state index < -0.39 is 0 Å². The van der Waals surface area contributed by atoms with Crippen LogP contribution in [0.15, 0.2) is 59.0 Å². The summed E-state index contributed by atoms with van der Waals surface area (Å²) in [4.78, 5) is 14.3. The monoisotopic (exact) mass is 422 g/mol. The lowest BCUT2D eigenvalue weighted by atomic mass is 10.1. The first-order valence-electron chi connectivity index (χ1n) is 10.6. The molecule has 7 nitrogen and oxygen atoms in total. The van der Waals surface area contributed by atoms with Crippen molar-refractivity contribution in [2.45, 2.75) is 25.9 Å². The van der Waals surface area contributed by atoms with Crippen LogP contribution in [0.25, 0.3) is 11.5 Å². The number of carbonyl (C=O) groups excluding carboxylic acids is 1. The first-order valence-corrected chi connectivity index (χ1v) is 10.6. The van der Waals surface area contributed by atoms with Gasteiger partial charge in [-0.25, -0.2) is 0 Å². The van der Waals surface area contributed by atoms with Crippen LogP contribution in [-0.4, -0.2) is 54.8 Å². The minimum Gasteiger partial charge on any atom is -0.418 e. The van der Waals surface area contributed by atoms with Crippen molar-refractivity contribution >= 4 is 5.91 Å². The van der Waals surface area contributed by atoms with Gasteiger partial charge in [0.1, 0.15) is 6.61 Å². The molecule has 1 N–H and O–H groups in total. The average Bonchev–Trinajstić information content (AvgIpc) is 3.26. The third kappa shape index (κ3) is 7.62. The van der Waals surface area contributed by atoms with Gasteiger partial charge in [-0.2, -0.15) is 0 Å². The van der Waals surface area contributed by atoms with Crippen LogP contribution in [0.3, 0.4) is 0 Å². The highest BCUT2D eigenvalue weighted by atomic mass is 16.5. The molecule has 0 fully saturated rings. The molecule has 0 saturated heterocycles. The molecule has 0 aliphatic rings. The fraction of sp³-hybridized carbons (Fsp3) is 0.375. The van der Waals surface area contributed by atoms with Crippen molar-refractivity contribution in [2.24, 2.45) is 0 Å². The Balaban J connectivity index is 1.41. The predicted molar refractivity (Wildman–Crippen MR) is 120 cm³/mol. The van der Waals surface area contributed by atoms with E-state index in [1.54, 1.807) is 12.1 Å². The maximum absolute atomic E-state index is 12.2. The van der Waals surface area contributed by atoms with Crippen molar-refractivity contribution in [3.63, 3.8) is 0 Å². The zero-order valence-corrected chi connectivity index (χ0v) is 18.2. The van der Waals surface area contributed by atoms with Crippen LogP contribution in [-0.2, 0) is 17.8 Å². The van der Waals surface area contributed by atoms with Gasteiger partial charge in [0.25, 0.3) is 5.91 Å². The molecule has 0 saturated carbocycles. The van der Waals surface area contributed by atoms with Gasteiger partial charge in [0.2, 0.25) is 11.8 Å². The van der Waals surface area contributed by atoms with E-state index in [0.717, 1.165) is 31.4 Å². The zero-order valence-electron chi connectivity index (χ0n) is 18.2. The molecule has 1 amide bonds. The molecule has 7 heteroatoms. The van der Waals surface area contributed by atoms with Crippen LogP contribution in [0.4, 0.5) is 0 Å². The van der Waals surface area contributed by atoms with Crippen LogP contribution in [0, 0.1) is 0 Å². The molecule has 0 aliphatic carbocycles. The van der Waals surface area contributed by atoms with E-state index in [-0.39, 0.29) is 12.5 Å². The molecule has 3 aromatic rings. The third-order valence-electron chi connectivity index (χ3n) is 4.75. The van der Waals surface area contributed by atoms with Gasteiger partial charge in [0.05, 0.1) is 0 Å². The first-order chi connectivity index (χ1) is 15.1. The lowest BCUT2D eigenvalue weighted by molar-refractivity contribution is 0.0952. The topological polar surface area (TPSA) is 80.5 Å². The highest BCUT2D eigenvalue weighted by Crippen LogP contribution is 2.19. The van der Waals surface area contributed by atoms with E-state index in [0.29, 0.717) is 30.5 Å². The van der Waals surface area contributed by atoms with Crippen LogP contribution in [0.1, 0.15) is 34.7 Å². The first kappa shape index (κ1) is 22.7. The van der Waals surface area contributed by atoms with E-state index in [1.807, 2.05) is 44.4 Å². The smallest absolute Gasteiger partial charge is 0.251 e. The number of hydrogen-bond acceptors (Lipinski definition) is 6. The molecule has 31 heavy (non-hydrogen) atoms. The summed E-state index contributed by atoms with van der Waals surface area (Å²) in [6, 6.07) is 17.5. The minimum atomic E-state index is -0.0829. The summed E-state index contributed by atoms with van der Waals surface area (Å²) in [5.41, 5.74) is 2.68. The van der Waals surface area contributed by atoms with Gasteiger partial charge in [-0.05, 0) is 69.7 Å². The number of aryl methyl sites for hydroxylation is 1. The van der Waals surface area contributed by atoms with E-state index in [4.69, 9.17) is 9.15 Å². The van der Waals surface area contributed by atoms with Crippen molar-refractivity contribution in [3.8, 4) is 11.5 Å². The molecule has 1 heterocycles. The molecule has 164 valence electrons. The Labute approximate surface area is 183 Å². The van der Waals surface area contributed by atoms with Crippen LogP contribution < -0.4 is 5.32 Å². The lowest BCUT2D eigenvalue weighted by Gasteiger charge is -2.10. The van der Waals surface area contributed by atoms with Gasteiger partial charge in [-0.15, -0.1) is 10.2 Å². The molecule has 0 unspecified atom stereocenters. The summed E-state index contributed by atoms with van der Waals surface area (Å²) in [7, 11) is 4.03. The van der Waals surface area contributed by atoms with Crippen molar-refractivity contribution < 1.29 is 13.9 Å².